The molecular formula is C13H9BrF4N2. The van der Waals surface area contributed by atoms with Gasteiger partial charge in [-0.15, -0.1) is 0 Å². The highest BCUT2D eigenvalue weighted by molar-refractivity contribution is 9.10. The first-order valence-electron chi connectivity index (χ1n) is 5.49. The topological polar surface area (TPSA) is 38.0 Å². The summed E-state index contributed by atoms with van der Waals surface area (Å²) in [5.41, 5.74) is 1.72. The summed E-state index contributed by atoms with van der Waals surface area (Å²) < 4.78 is 54.4. The van der Waals surface area contributed by atoms with Crippen LogP contribution in [0.5, 0.6) is 0 Å². The molecule has 2 rings (SSSR count). The van der Waals surface area contributed by atoms with E-state index in [1.54, 1.807) is 0 Å². The zero-order valence-corrected chi connectivity index (χ0v) is 11.5. The lowest BCUT2D eigenvalue weighted by molar-refractivity contribution is 0.504. The monoisotopic (exact) mass is 348 g/mol. The number of hydrogen-bond acceptors (Lipinski definition) is 2. The van der Waals surface area contributed by atoms with Gasteiger partial charge in [0.15, 0.2) is 0 Å². The zero-order chi connectivity index (χ0) is 14.9. The Morgan fingerprint density at radius 1 is 0.900 bits per heavy atom. The maximum atomic E-state index is 13.9. The van der Waals surface area contributed by atoms with Crippen molar-refractivity contribution in [3.63, 3.8) is 0 Å². The van der Waals surface area contributed by atoms with Crippen LogP contribution in [0.4, 0.5) is 17.6 Å². The molecule has 2 aromatic carbocycles. The van der Waals surface area contributed by atoms with Crippen LogP contribution in [0.3, 0.4) is 0 Å². The Kier molecular flexibility index (Phi) is 4.42. The standard InChI is InChI=1S/C13H9BrF4N2/c14-7-3-10(17)12(11(18)4-7)13(20-19)6-1-8(15)5-9(16)2-6/h1-5,13,20H,19H2. The van der Waals surface area contributed by atoms with Crippen LogP contribution >= 0.6 is 15.9 Å². The second-order valence-electron chi connectivity index (χ2n) is 4.09. The van der Waals surface area contributed by atoms with E-state index in [1.165, 1.54) is 0 Å². The van der Waals surface area contributed by atoms with Gasteiger partial charge < -0.3 is 0 Å². The van der Waals surface area contributed by atoms with E-state index < -0.39 is 34.9 Å². The molecule has 0 heterocycles. The van der Waals surface area contributed by atoms with Crippen molar-refractivity contribution in [1.82, 2.24) is 5.43 Å². The third-order valence-electron chi connectivity index (χ3n) is 2.72. The van der Waals surface area contributed by atoms with E-state index in [9.17, 15) is 17.6 Å². The third kappa shape index (κ3) is 3.00. The molecule has 1 unspecified atom stereocenters. The number of nitrogens with two attached hydrogens (primary N) is 1. The van der Waals surface area contributed by atoms with Gasteiger partial charge in [-0.05, 0) is 29.8 Å². The molecule has 7 heteroatoms. The molecule has 2 nitrogen and oxygen atoms in total. The molecule has 0 spiro atoms. The Labute approximate surface area is 120 Å². The fourth-order valence-corrected chi connectivity index (χ4v) is 2.32. The quantitative estimate of drug-likeness (QED) is 0.505. The molecule has 0 aliphatic rings. The summed E-state index contributed by atoms with van der Waals surface area (Å²) in [4.78, 5) is 0. The van der Waals surface area contributed by atoms with E-state index in [2.05, 4.69) is 21.4 Å². The lowest BCUT2D eigenvalue weighted by Gasteiger charge is -2.18. The average molecular weight is 349 g/mol. The smallest absolute Gasteiger partial charge is 0.132 e. The number of rotatable bonds is 3. The van der Waals surface area contributed by atoms with E-state index in [-0.39, 0.29) is 10.0 Å². The molecule has 20 heavy (non-hydrogen) atoms. The highest BCUT2D eigenvalue weighted by atomic mass is 79.9. The lowest BCUT2D eigenvalue weighted by Crippen LogP contribution is -2.30. The zero-order valence-electron chi connectivity index (χ0n) is 9.93. The normalized spacial score (nSPS) is 12.5. The first-order chi connectivity index (χ1) is 9.42. The Bertz CT molecular complexity index is 605. The highest BCUT2D eigenvalue weighted by Gasteiger charge is 2.22. The van der Waals surface area contributed by atoms with Crippen LogP contribution in [0.25, 0.3) is 0 Å². The molecule has 1 atom stereocenters. The predicted octanol–water partition coefficient (Wildman–Crippen LogP) is 3.56. The first-order valence-corrected chi connectivity index (χ1v) is 6.28. The molecule has 0 saturated heterocycles. The fourth-order valence-electron chi connectivity index (χ4n) is 1.92. The van der Waals surface area contributed by atoms with Gasteiger partial charge in [0.2, 0.25) is 0 Å². The van der Waals surface area contributed by atoms with Crippen LogP contribution < -0.4 is 11.3 Å². The first kappa shape index (κ1) is 15.0. The van der Waals surface area contributed by atoms with Crippen LogP contribution in [-0.4, -0.2) is 0 Å². The predicted molar refractivity (Wildman–Crippen MR) is 69.6 cm³/mol. The van der Waals surface area contributed by atoms with Crippen molar-refractivity contribution in [1.29, 1.82) is 0 Å². The van der Waals surface area contributed by atoms with Gasteiger partial charge in [-0.2, -0.15) is 0 Å². The van der Waals surface area contributed by atoms with E-state index >= 15 is 0 Å². The fraction of sp³-hybridized carbons (Fsp3) is 0.0769. The van der Waals surface area contributed by atoms with Crippen LogP contribution in [0.2, 0.25) is 0 Å². The van der Waals surface area contributed by atoms with Crippen LogP contribution in [0, 0.1) is 23.3 Å². The number of hydrazine groups is 1. The van der Waals surface area contributed by atoms with Crippen molar-refractivity contribution < 1.29 is 17.6 Å². The summed E-state index contributed by atoms with van der Waals surface area (Å²) in [5.74, 6) is 1.78. The van der Waals surface area contributed by atoms with Crippen LogP contribution in [0.1, 0.15) is 17.2 Å². The Morgan fingerprint density at radius 3 is 1.85 bits per heavy atom. The molecule has 0 saturated carbocycles. The molecule has 0 aromatic heterocycles. The number of halogens is 5. The summed E-state index contributed by atoms with van der Waals surface area (Å²) >= 11 is 2.95. The molecule has 0 aliphatic heterocycles. The van der Waals surface area contributed by atoms with Crippen molar-refractivity contribution >= 4 is 15.9 Å². The highest BCUT2D eigenvalue weighted by Crippen LogP contribution is 2.29. The molecule has 106 valence electrons. The molecule has 0 fully saturated rings. The van der Waals surface area contributed by atoms with Crippen molar-refractivity contribution in [3.05, 3.63) is 69.2 Å². The van der Waals surface area contributed by atoms with Crippen LogP contribution in [0.15, 0.2) is 34.8 Å². The van der Waals surface area contributed by atoms with Crippen LogP contribution in [-0.2, 0) is 0 Å². The molecule has 3 N–H and O–H groups in total. The molecule has 0 amide bonds. The average Bonchev–Trinajstić information content (AvgIpc) is 2.32. The van der Waals surface area contributed by atoms with Crippen molar-refractivity contribution in [2.45, 2.75) is 6.04 Å². The minimum Gasteiger partial charge on any atom is -0.271 e. The second-order valence-corrected chi connectivity index (χ2v) is 5.00. The number of benzene rings is 2. The lowest BCUT2D eigenvalue weighted by atomic mass is 9.98. The van der Waals surface area contributed by atoms with Gasteiger partial charge in [-0.25, -0.2) is 23.0 Å². The molecule has 0 aliphatic carbocycles. The number of hydrogen-bond donors (Lipinski definition) is 2. The summed E-state index contributed by atoms with van der Waals surface area (Å²) in [7, 11) is 0. The molecule has 2 aromatic rings. The summed E-state index contributed by atoms with van der Waals surface area (Å²) in [5, 5.41) is 0. The molecule has 0 radical (unpaired) electrons. The van der Waals surface area contributed by atoms with Gasteiger partial charge in [0.1, 0.15) is 23.3 Å². The summed E-state index contributed by atoms with van der Waals surface area (Å²) in [6, 6.07) is 3.43. The third-order valence-corrected chi connectivity index (χ3v) is 3.18. The van der Waals surface area contributed by atoms with Gasteiger partial charge in [-0.1, -0.05) is 15.9 Å². The van der Waals surface area contributed by atoms with Gasteiger partial charge in [0, 0.05) is 16.1 Å². The Hall–Kier alpha value is -1.44. The maximum Gasteiger partial charge on any atom is 0.132 e. The van der Waals surface area contributed by atoms with E-state index in [4.69, 9.17) is 5.84 Å². The van der Waals surface area contributed by atoms with Crippen molar-refractivity contribution in [2.75, 3.05) is 0 Å². The minimum absolute atomic E-state index is 0.0230. The van der Waals surface area contributed by atoms with Gasteiger partial charge >= 0.3 is 0 Å². The van der Waals surface area contributed by atoms with Gasteiger partial charge in [-0.3, -0.25) is 5.84 Å². The maximum absolute atomic E-state index is 13.9. The largest absolute Gasteiger partial charge is 0.271 e. The molecule has 0 bridgehead atoms. The summed E-state index contributed by atoms with van der Waals surface area (Å²) in [6.07, 6.45) is 0. The number of nitrogens with one attached hydrogen (secondary N) is 1. The van der Waals surface area contributed by atoms with E-state index in [0.717, 1.165) is 24.3 Å². The van der Waals surface area contributed by atoms with Gasteiger partial charge in [0.25, 0.3) is 0 Å². The Morgan fingerprint density at radius 2 is 1.40 bits per heavy atom. The van der Waals surface area contributed by atoms with Gasteiger partial charge in [0.05, 0.1) is 6.04 Å². The van der Waals surface area contributed by atoms with E-state index in [1.807, 2.05) is 0 Å². The van der Waals surface area contributed by atoms with Crippen molar-refractivity contribution in [2.24, 2.45) is 5.84 Å². The summed E-state index contributed by atoms with van der Waals surface area (Å²) in [6.45, 7) is 0. The SMILES string of the molecule is NNC(c1cc(F)cc(F)c1)c1c(F)cc(Br)cc1F. The Balaban J connectivity index is 2.58. The second kappa shape index (κ2) is 5.90. The van der Waals surface area contributed by atoms with Crippen molar-refractivity contribution in [3.8, 4) is 0 Å². The minimum atomic E-state index is -1.21. The molecular weight excluding hydrogens is 340 g/mol. The van der Waals surface area contributed by atoms with E-state index in [0.29, 0.717) is 6.07 Å².